The second kappa shape index (κ2) is 10.2. The molecule has 0 unspecified atom stereocenters. The van der Waals surface area contributed by atoms with Crippen molar-refractivity contribution in [1.82, 2.24) is 24.7 Å². The highest BCUT2D eigenvalue weighted by Gasteiger charge is 2.33. The van der Waals surface area contributed by atoms with E-state index < -0.39 is 5.91 Å². The molecule has 4 amide bonds. The molecule has 0 spiro atoms. The van der Waals surface area contributed by atoms with Crippen LogP contribution < -0.4 is 11.1 Å². The van der Waals surface area contributed by atoms with Gasteiger partial charge in [0.1, 0.15) is 0 Å². The molecule has 35 heavy (non-hydrogen) atoms. The van der Waals surface area contributed by atoms with Crippen LogP contribution in [0.5, 0.6) is 0 Å². The standard InChI is InChI=1S/C24H31ClN6O4/c1-14(2)35-24(34)29-8-5-16(6-9-29)28-23(33)30-10-11-31-18(13-30)19(22(26)32)20(25)21(31)17-12-27-7-4-15(17)3/h4,7,12,14,16H,5-6,8-11,13H2,1-3H3,(H2,26,32)(H,28,33). The van der Waals surface area contributed by atoms with Crippen molar-refractivity contribution < 1.29 is 19.1 Å². The monoisotopic (exact) mass is 502 g/mol. The normalized spacial score (nSPS) is 16.3. The molecule has 0 saturated carbocycles. The number of fused-ring (bicyclic) bond motifs is 1. The topological polar surface area (TPSA) is 123 Å². The quantitative estimate of drug-likeness (QED) is 0.664. The van der Waals surface area contributed by atoms with Gasteiger partial charge in [0.25, 0.3) is 5.91 Å². The van der Waals surface area contributed by atoms with Gasteiger partial charge in [0.05, 0.1) is 34.6 Å². The maximum atomic E-state index is 13.1. The van der Waals surface area contributed by atoms with Crippen molar-refractivity contribution in [3.63, 3.8) is 0 Å². The van der Waals surface area contributed by atoms with Crippen LogP contribution in [-0.2, 0) is 17.8 Å². The number of nitrogens with zero attached hydrogens (tertiary/aromatic N) is 4. The van der Waals surface area contributed by atoms with Gasteiger partial charge in [-0.1, -0.05) is 11.6 Å². The number of carbonyl (C=O) groups excluding carboxylic acids is 3. The number of ether oxygens (including phenoxy) is 1. The van der Waals surface area contributed by atoms with Crippen molar-refractivity contribution in [2.45, 2.75) is 58.8 Å². The Balaban J connectivity index is 1.47. The smallest absolute Gasteiger partial charge is 0.410 e. The maximum absolute atomic E-state index is 13.1. The van der Waals surface area contributed by atoms with E-state index >= 15 is 0 Å². The van der Waals surface area contributed by atoms with Crippen molar-refractivity contribution in [3.8, 4) is 11.3 Å². The third-order valence-corrected chi connectivity index (χ3v) is 6.86. The van der Waals surface area contributed by atoms with Crippen LogP contribution in [0.4, 0.5) is 9.59 Å². The van der Waals surface area contributed by atoms with E-state index in [2.05, 4.69) is 10.3 Å². The van der Waals surface area contributed by atoms with Gasteiger partial charge >= 0.3 is 12.1 Å². The number of amides is 4. The number of primary amides is 1. The molecule has 2 aromatic rings. The van der Waals surface area contributed by atoms with Gasteiger partial charge in [-0.25, -0.2) is 9.59 Å². The highest BCUT2D eigenvalue weighted by Crippen LogP contribution is 2.38. The molecule has 2 aliphatic rings. The Morgan fingerprint density at radius 3 is 2.51 bits per heavy atom. The average molecular weight is 503 g/mol. The summed E-state index contributed by atoms with van der Waals surface area (Å²) in [5, 5.41) is 3.35. The Kier molecular flexibility index (Phi) is 7.20. The lowest BCUT2D eigenvalue weighted by molar-refractivity contribution is 0.0679. The molecule has 0 bridgehead atoms. The van der Waals surface area contributed by atoms with Gasteiger partial charge in [0, 0.05) is 50.2 Å². The zero-order chi connectivity index (χ0) is 25.3. The fourth-order valence-electron chi connectivity index (χ4n) is 4.67. The molecular weight excluding hydrogens is 472 g/mol. The summed E-state index contributed by atoms with van der Waals surface area (Å²) in [5.41, 5.74) is 9.04. The first kappa shape index (κ1) is 24.8. The van der Waals surface area contributed by atoms with E-state index in [1.165, 1.54) is 0 Å². The Morgan fingerprint density at radius 1 is 1.17 bits per heavy atom. The summed E-state index contributed by atoms with van der Waals surface area (Å²) >= 11 is 6.66. The summed E-state index contributed by atoms with van der Waals surface area (Å²) in [6.45, 7) is 7.77. The predicted octanol–water partition coefficient (Wildman–Crippen LogP) is 3.15. The lowest BCUT2D eigenvalue weighted by Crippen LogP contribution is -2.51. The van der Waals surface area contributed by atoms with Gasteiger partial charge in [-0.05, 0) is 45.2 Å². The number of likely N-dealkylation sites (tertiary alicyclic amines) is 1. The Bertz CT molecular complexity index is 1140. The molecule has 10 nitrogen and oxygen atoms in total. The molecule has 1 fully saturated rings. The number of aromatic nitrogens is 2. The van der Waals surface area contributed by atoms with Crippen molar-refractivity contribution >= 4 is 29.6 Å². The third-order valence-electron chi connectivity index (χ3n) is 6.49. The first-order chi connectivity index (χ1) is 16.7. The van der Waals surface area contributed by atoms with Gasteiger partial charge in [-0.15, -0.1) is 0 Å². The Morgan fingerprint density at radius 2 is 1.89 bits per heavy atom. The third kappa shape index (κ3) is 5.07. The SMILES string of the molecule is Cc1ccncc1-c1c(Cl)c(C(N)=O)c2n1CCN(C(=O)NC1CCN(C(=O)OC(C)C)CC1)C2. The minimum atomic E-state index is -0.630. The van der Waals surface area contributed by atoms with Gasteiger partial charge in [-0.2, -0.15) is 0 Å². The minimum Gasteiger partial charge on any atom is -0.447 e. The summed E-state index contributed by atoms with van der Waals surface area (Å²) in [7, 11) is 0. The summed E-state index contributed by atoms with van der Waals surface area (Å²) in [5.74, 6) is -0.630. The summed E-state index contributed by atoms with van der Waals surface area (Å²) in [6.07, 6.45) is 4.22. The van der Waals surface area contributed by atoms with Crippen molar-refractivity contribution in [2.24, 2.45) is 5.73 Å². The number of urea groups is 1. The fraction of sp³-hybridized carbons (Fsp3) is 0.500. The number of piperidine rings is 1. The van der Waals surface area contributed by atoms with Gasteiger partial charge in [0.2, 0.25) is 0 Å². The van der Waals surface area contributed by atoms with E-state index in [1.54, 1.807) is 22.2 Å². The van der Waals surface area contributed by atoms with Gasteiger partial charge < -0.3 is 30.2 Å². The molecular formula is C24H31ClN6O4. The molecule has 3 N–H and O–H groups in total. The van der Waals surface area contributed by atoms with E-state index in [0.29, 0.717) is 50.4 Å². The van der Waals surface area contributed by atoms with E-state index in [0.717, 1.165) is 11.1 Å². The van der Waals surface area contributed by atoms with E-state index in [9.17, 15) is 14.4 Å². The zero-order valence-corrected chi connectivity index (χ0v) is 21.0. The summed E-state index contributed by atoms with van der Waals surface area (Å²) in [4.78, 5) is 45.0. The van der Waals surface area contributed by atoms with Gasteiger partial charge in [0.15, 0.2) is 0 Å². The van der Waals surface area contributed by atoms with Crippen molar-refractivity contribution in [3.05, 3.63) is 40.3 Å². The Hall–Kier alpha value is -3.27. The van der Waals surface area contributed by atoms with Crippen LogP contribution in [0.3, 0.4) is 0 Å². The molecule has 2 aliphatic heterocycles. The highest BCUT2D eigenvalue weighted by molar-refractivity contribution is 6.36. The average Bonchev–Trinajstić information content (AvgIpc) is 3.10. The summed E-state index contributed by atoms with van der Waals surface area (Å²) < 4.78 is 7.22. The predicted molar refractivity (Wildman–Crippen MR) is 131 cm³/mol. The second-order valence-corrected chi connectivity index (χ2v) is 9.63. The van der Waals surface area contributed by atoms with Gasteiger partial charge in [-0.3, -0.25) is 9.78 Å². The maximum Gasteiger partial charge on any atom is 0.410 e. The number of rotatable bonds is 4. The first-order valence-corrected chi connectivity index (χ1v) is 12.2. The van der Waals surface area contributed by atoms with E-state index in [4.69, 9.17) is 22.1 Å². The van der Waals surface area contributed by atoms with E-state index in [1.807, 2.05) is 31.4 Å². The number of carbonyl (C=O) groups is 3. The van der Waals surface area contributed by atoms with Crippen LogP contribution in [0, 0.1) is 6.92 Å². The molecule has 0 aliphatic carbocycles. The molecule has 188 valence electrons. The number of hydrogen-bond acceptors (Lipinski definition) is 5. The van der Waals surface area contributed by atoms with E-state index in [-0.39, 0.29) is 41.4 Å². The summed E-state index contributed by atoms with van der Waals surface area (Å²) in [6, 6.07) is 1.62. The highest BCUT2D eigenvalue weighted by atomic mass is 35.5. The minimum absolute atomic E-state index is 0.0490. The van der Waals surface area contributed by atoms with Crippen LogP contribution in [0.15, 0.2) is 18.5 Å². The molecule has 4 heterocycles. The Labute approximate surface area is 209 Å². The number of halogens is 1. The molecule has 11 heteroatoms. The van der Waals surface area contributed by atoms with Crippen molar-refractivity contribution in [1.29, 1.82) is 0 Å². The fourth-order valence-corrected chi connectivity index (χ4v) is 5.08. The number of pyridine rings is 1. The van der Waals surface area contributed by atoms with Crippen LogP contribution in [-0.4, -0.2) is 69.2 Å². The first-order valence-electron chi connectivity index (χ1n) is 11.8. The number of nitrogens with one attached hydrogen (secondary N) is 1. The van der Waals surface area contributed by atoms with Crippen LogP contribution in [0.1, 0.15) is 48.3 Å². The molecule has 1 saturated heterocycles. The second-order valence-electron chi connectivity index (χ2n) is 9.26. The lowest BCUT2D eigenvalue weighted by Gasteiger charge is -2.35. The molecule has 2 aromatic heterocycles. The number of nitrogens with two attached hydrogens (primary N) is 1. The van der Waals surface area contributed by atoms with Crippen LogP contribution in [0.25, 0.3) is 11.3 Å². The molecule has 0 radical (unpaired) electrons. The largest absolute Gasteiger partial charge is 0.447 e. The number of aryl methyl sites for hydroxylation is 1. The molecule has 0 aromatic carbocycles. The molecule has 4 rings (SSSR count). The molecule has 0 atom stereocenters. The van der Waals surface area contributed by atoms with Crippen molar-refractivity contribution in [2.75, 3.05) is 19.6 Å². The van der Waals surface area contributed by atoms with Crippen LogP contribution in [0.2, 0.25) is 5.02 Å². The number of hydrogen-bond donors (Lipinski definition) is 2. The van der Waals surface area contributed by atoms with Crippen LogP contribution >= 0.6 is 11.6 Å². The lowest BCUT2D eigenvalue weighted by atomic mass is 10.1. The zero-order valence-electron chi connectivity index (χ0n) is 20.2.